The Morgan fingerprint density at radius 2 is 1.82 bits per heavy atom. The van der Waals surface area contributed by atoms with E-state index in [2.05, 4.69) is 4.98 Å². The molecule has 2 N–H and O–H groups in total. The van der Waals surface area contributed by atoms with Crippen molar-refractivity contribution in [3.63, 3.8) is 0 Å². The van der Waals surface area contributed by atoms with Crippen LogP contribution in [0.1, 0.15) is 0 Å². The van der Waals surface area contributed by atoms with Crippen molar-refractivity contribution in [2.24, 2.45) is 0 Å². The number of alkyl halides is 3. The van der Waals surface area contributed by atoms with Crippen molar-refractivity contribution in [3.8, 4) is 0 Å². The third-order valence-corrected chi connectivity index (χ3v) is 0.688. The summed E-state index contributed by atoms with van der Waals surface area (Å²) < 4.78 is -0.750. The van der Waals surface area contributed by atoms with Gasteiger partial charge in [-0.15, -0.1) is 0 Å². The minimum atomic E-state index is -0.750. The molecule has 5 heteroatoms. The van der Waals surface area contributed by atoms with Crippen molar-refractivity contribution in [2.45, 2.75) is 4.30 Å². The average molecular weight is 213 g/mol. The number of hydrogen-bond acceptors (Lipinski definition) is 2. The molecule has 0 amide bonds. The van der Waals surface area contributed by atoms with E-state index in [9.17, 15) is 0 Å². The lowest BCUT2D eigenvalue weighted by atomic mass is 10.5. The molecular weight excluding hydrogens is 206 g/mol. The summed E-state index contributed by atoms with van der Waals surface area (Å²) in [4.78, 5) is 3.76. The monoisotopic (exact) mass is 212 g/mol. The van der Waals surface area contributed by atoms with E-state index in [1.54, 1.807) is 12.3 Å². The summed E-state index contributed by atoms with van der Waals surface area (Å²) in [5.41, 5.74) is 5.25. The Morgan fingerprint density at radius 3 is 2.00 bits per heavy atom. The van der Waals surface area contributed by atoms with Gasteiger partial charge >= 0.3 is 0 Å². The molecule has 1 aromatic rings. The predicted molar refractivity (Wildman–Crippen MR) is 50.0 cm³/mol. The third kappa shape index (κ3) is 9.82. The van der Waals surface area contributed by atoms with E-state index in [1.807, 2.05) is 12.1 Å². The van der Waals surface area contributed by atoms with Gasteiger partial charge in [0.25, 0.3) is 0 Å². The van der Waals surface area contributed by atoms with Crippen LogP contribution in [0.15, 0.2) is 24.4 Å². The smallest absolute Gasteiger partial charge is 0.180 e. The molecule has 0 unspecified atom stereocenters. The highest BCUT2D eigenvalue weighted by Gasteiger charge is 1.78. The number of pyridine rings is 1. The van der Waals surface area contributed by atoms with Crippen molar-refractivity contribution in [2.75, 3.05) is 5.73 Å². The highest BCUT2D eigenvalue weighted by Crippen LogP contribution is 2.03. The second kappa shape index (κ2) is 6.53. The van der Waals surface area contributed by atoms with Gasteiger partial charge in [0.2, 0.25) is 0 Å². The molecule has 62 valence electrons. The van der Waals surface area contributed by atoms with Crippen LogP contribution >= 0.6 is 34.8 Å². The van der Waals surface area contributed by atoms with Gasteiger partial charge in [-0.3, -0.25) is 0 Å². The molecule has 2 nitrogen and oxygen atoms in total. The Labute approximate surface area is 80.3 Å². The number of hydrogen-bond donors (Lipinski definition) is 1. The molecule has 0 radical (unpaired) electrons. The lowest BCUT2D eigenvalue weighted by Gasteiger charge is -1.82. The Balaban J connectivity index is 0.000000218. The number of nitrogens with zero attached hydrogens (tertiary/aromatic N) is 1. The number of rotatable bonds is 0. The summed E-state index contributed by atoms with van der Waals surface area (Å²) in [5.74, 6) is 0.572. The van der Waals surface area contributed by atoms with Crippen molar-refractivity contribution in [3.05, 3.63) is 24.4 Å². The molecule has 0 spiro atoms. The van der Waals surface area contributed by atoms with Crippen LogP contribution in [-0.4, -0.2) is 9.28 Å². The van der Waals surface area contributed by atoms with Gasteiger partial charge in [-0.2, -0.15) is 0 Å². The molecule has 0 aromatic carbocycles. The molecule has 0 bridgehead atoms. The van der Waals surface area contributed by atoms with E-state index < -0.39 is 4.30 Å². The molecule has 0 aliphatic carbocycles. The molecule has 11 heavy (non-hydrogen) atoms. The molecule has 0 atom stereocenters. The van der Waals surface area contributed by atoms with Crippen LogP contribution in [0.2, 0.25) is 0 Å². The average Bonchev–Trinajstić information content (AvgIpc) is 1.87. The lowest BCUT2D eigenvalue weighted by Crippen LogP contribution is -1.85. The summed E-state index contributed by atoms with van der Waals surface area (Å²) in [7, 11) is 0. The summed E-state index contributed by atoms with van der Waals surface area (Å²) in [6.07, 6.45) is 1.66. The maximum absolute atomic E-state index is 5.25. The van der Waals surface area contributed by atoms with Gasteiger partial charge in [0.1, 0.15) is 5.82 Å². The fraction of sp³-hybridized carbons (Fsp3) is 0.167. The van der Waals surface area contributed by atoms with Crippen LogP contribution in [0.25, 0.3) is 0 Å². The predicted octanol–water partition coefficient (Wildman–Crippen LogP) is 2.65. The zero-order valence-corrected chi connectivity index (χ0v) is 7.81. The first-order valence-corrected chi connectivity index (χ1v) is 4.02. The molecule has 1 heterocycles. The van der Waals surface area contributed by atoms with E-state index in [-0.39, 0.29) is 0 Å². The van der Waals surface area contributed by atoms with Gasteiger partial charge in [-0.25, -0.2) is 4.98 Å². The Morgan fingerprint density at radius 1 is 1.27 bits per heavy atom. The minimum absolute atomic E-state index is 0.572. The highest BCUT2D eigenvalue weighted by atomic mass is 35.6. The largest absolute Gasteiger partial charge is 0.384 e. The maximum Gasteiger partial charge on any atom is 0.180 e. The fourth-order valence-corrected chi connectivity index (χ4v) is 0.376. The van der Waals surface area contributed by atoms with Crippen LogP contribution < -0.4 is 5.73 Å². The maximum atomic E-state index is 5.25. The van der Waals surface area contributed by atoms with Gasteiger partial charge in [0, 0.05) is 6.20 Å². The quantitative estimate of drug-likeness (QED) is 0.673. The molecule has 0 aliphatic rings. The first kappa shape index (κ1) is 10.8. The molecule has 0 saturated carbocycles. The second-order valence-electron chi connectivity index (χ2n) is 1.50. The van der Waals surface area contributed by atoms with E-state index in [0.717, 1.165) is 0 Å². The van der Waals surface area contributed by atoms with Crippen molar-refractivity contribution >= 4 is 40.6 Å². The van der Waals surface area contributed by atoms with Gasteiger partial charge in [0.05, 0.1) is 0 Å². The van der Waals surface area contributed by atoms with E-state index in [1.165, 1.54) is 0 Å². The van der Waals surface area contributed by atoms with Gasteiger partial charge in [0.15, 0.2) is 4.30 Å². The van der Waals surface area contributed by atoms with Gasteiger partial charge < -0.3 is 5.73 Å². The summed E-state index contributed by atoms with van der Waals surface area (Å²) in [5, 5.41) is 0. The number of nitrogens with two attached hydrogens (primary N) is 1. The number of halogens is 3. The SMILES string of the molecule is ClC(Cl)Cl.Nc1ccccn1. The summed E-state index contributed by atoms with van der Waals surface area (Å²) >= 11 is 14.4. The van der Waals surface area contributed by atoms with Crippen LogP contribution in [0, 0.1) is 0 Å². The molecule has 0 aliphatic heterocycles. The van der Waals surface area contributed by atoms with Crippen molar-refractivity contribution in [1.29, 1.82) is 0 Å². The highest BCUT2D eigenvalue weighted by molar-refractivity contribution is 6.63. The Kier molecular flexibility index (Phi) is 6.42. The fourth-order valence-electron chi connectivity index (χ4n) is 0.376. The van der Waals surface area contributed by atoms with Gasteiger partial charge in [-0.05, 0) is 12.1 Å². The first-order valence-electron chi connectivity index (χ1n) is 2.71. The number of aromatic nitrogens is 1. The Hall–Kier alpha value is -0.180. The summed E-state index contributed by atoms with van der Waals surface area (Å²) in [6.45, 7) is 0. The lowest BCUT2D eigenvalue weighted by molar-refractivity contribution is 1.34. The molecule has 0 saturated heterocycles. The zero-order chi connectivity index (χ0) is 8.69. The van der Waals surface area contributed by atoms with E-state index in [0.29, 0.717) is 5.82 Å². The van der Waals surface area contributed by atoms with Crippen molar-refractivity contribution < 1.29 is 0 Å². The third-order valence-electron chi connectivity index (χ3n) is 0.688. The van der Waals surface area contributed by atoms with Crippen molar-refractivity contribution in [1.82, 2.24) is 4.98 Å². The zero-order valence-electron chi connectivity index (χ0n) is 5.55. The summed E-state index contributed by atoms with van der Waals surface area (Å²) in [6, 6.07) is 5.43. The number of anilines is 1. The van der Waals surface area contributed by atoms with Crippen LogP contribution in [-0.2, 0) is 0 Å². The van der Waals surface area contributed by atoms with E-state index >= 15 is 0 Å². The number of nitrogen functional groups attached to an aromatic ring is 1. The standard InChI is InChI=1S/C5H6N2.CHCl3/c6-5-3-1-2-4-7-5;2-1(3)4/h1-4H,(H2,6,7);1H. The van der Waals surface area contributed by atoms with E-state index in [4.69, 9.17) is 40.5 Å². The second-order valence-corrected chi connectivity index (χ2v) is 3.48. The Bertz CT molecular complexity index is 176. The topological polar surface area (TPSA) is 38.9 Å². The molecule has 1 rings (SSSR count). The van der Waals surface area contributed by atoms with Crippen LogP contribution in [0.5, 0.6) is 0 Å². The minimum Gasteiger partial charge on any atom is -0.384 e. The van der Waals surface area contributed by atoms with Crippen LogP contribution in [0.4, 0.5) is 5.82 Å². The normalized spacial score (nSPS) is 8.73. The molecule has 1 aromatic heterocycles. The first-order chi connectivity index (χ1) is 5.13. The molecular formula is C6H7Cl3N2. The van der Waals surface area contributed by atoms with Gasteiger partial charge in [-0.1, -0.05) is 40.9 Å². The molecule has 0 fully saturated rings. The van der Waals surface area contributed by atoms with Crippen LogP contribution in [0.3, 0.4) is 0 Å².